The van der Waals surface area contributed by atoms with E-state index in [0.717, 1.165) is 5.56 Å². The number of carbonyl (C=O) groups is 1. The lowest BCUT2D eigenvalue weighted by Gasteiger charge is -2.11. The molecule has 17 heavy (non-hydrogen) atoms. The first kappa shape index (κ1) is 13.6. The van der Waals surface area contributed by atoms with Gasteiger partial charge < -0.3 is 10.4 Å². The third kappa shape index (κ3) is 5.45. The molecule has 0 fully saturated rings. The fourth-order valence-electron chi connectivity index (χ4n) is 1.46. The van der Waals surface area contributed by atoms with Crippen molar-refractivity contribution in [2.75, 3.05) is 13.2 Å². The van der Waals surface area contributed by atoms with Crippen molar-refractivity contribution < 1.29 is 14.3 Å². The third-order valence-corrected chi connectivity index (χ3v) is 2.55. The first-order valence-electron chi connectivity index (χ1n) is 5.74. The summed E-state index contributed by atoms with van der Waals surface area (Å²) in [4.78, 5) is 11.5. The molecule has 0 bridgehead atoms. The van der Waals surface area contributed by atoms with Crippen LogP contribution in [0.4, 0.5) is 4.39 Å². The molecule has 3 nitrogen and oxygen atoms in total. The van der Waals surface area contributed by atoms with Crippen molar-refractivity contribution >= 4 is 5.91 Å². The summed E-state index contributed by atoms with van der Waals surface area (Å²) in [6.07, 6.45) is 0.933. The van der Waals surface area contributed by atoms with E-state index in [4.69, 9.17) is 5.11 Å². The molecule has 0 spiro atoms. The van der Waals surface area contributed by atoms with Crippen LogP contribution in [0.25, 0.3) is 0 Å². The Kier molecular flexibility index (Phi) is 5.63. The van der Waals surface area contributed by atoms with E-state index in [-0.39, 0.29) is 30.7 Å². The van der Waals surface area contributed by atoms with E-state index >= 15 is 0 Å². The van der Waals surface area contributed by atoms with Gasteiger partial charge in [-0.3, -0.25) is 4.79 Å². The number of hydrogen-bond donors (Lipinski definition) is 2. The Morgan fingerprint density at radius 3 is 2.65 bits per heavy atom. The standard InChI is InChI=1S/C13H18FNO2/c1-10(6-7-16)9-15-13(17)8-11-2-4-12(14)5-3-11/h2-5,10,16H,6-9H2,1H3,(H,15,17). The van der Waals surface area contributed by atoms with Gasteiger partial charge in [0.15, 0.2) is 0 Å². The summed E-state index contributed by atoms with van der Waals surface area (Å²) in [6.45, 7) is 2.66. The van der Waals surface area contributed by atoms with Gasteiger partial charge in [0.05, 0.1) is 6.42 Å². The molecule has 0 aromatic heterocycles. The van der Waals surface area contributed by atoms with Crippen LogP contribution in [0.3, 0.4) is 0 Å². The molecule has 94 valence electrons. The van der Waals surface area contributed by atoms with E-state index in [1.807, 2.05) is 6.92 Å². The van der Waals surface area contributed by atoms with Gasteiger partial charge >= 0.3 is 0 Å². The van der Waals surface area contributed by atoms with Crippen LogP contribution in [-0.2, 0) is 11.2 Å². The molecule has 4 heteroatoms. The zero-order valence-corrected chi connectivity index (χ0v) is 9.95. The normalized spacial score (nSPS) is 12.2. The van der Waals surface area contributed by atoms with Crippen LogP contribution in [0.15, 0.2) is 24.3 Å². The topological polar surface area (TPSA) is 49.3 Å². The number of rotatable bonds is 6. The Morgan fingerprint density at radius 2 is 2.06 bits per heavy atom. The average Bonchev–Trinajstić information content (AvgIpc) is 2.30. The van der Waals surface area contributed by atoms with Gasteiger partial charge in [0.25, 0.3) is 0 Å². The summed E-state index contributed by atoms with van der Waals surface area (Å²) >= 11 is 0. The van der Waals surface area contributed by atoms with Gasteiger partial charge in [-0.15, -0.1) is 0 Å². The Morgan fingerprint density at radius 1 is 1.41 bits per heavy atom. The maximum absolute atomic E-state index is 12.6. The van der Waals surface area contributed by atoms with Crippen LogP contribution < -0.4 is 5.32 Å². The third-order valence-electron chi connectivity index (χ3n) is 2.55. The molecule has 1 rings (SSSR count). The van der Waals surface area contributed by atoms with Crippen molar-refractivity contribution in [1.29, 1.82) is 0 Å². The summed E-state index contributed by atoms with van der Waals surface area (Å²) in [5.41, 5.74) is 0.790. The molecule has 1 aromatic carbocycles. The number of carbonyl (C=O) groups excluding carboxylic acids is 1. The first-order chi connectivity index (χ1) is 8.11. The second kappa shape index (κ2) is 7.01. The molecule has 2 N–H and O–H groups in total. The van der Waals surface area contributed by atoms with E-state index in [2.05, 4.69) is 5.32 Å². The van der Waals surface area contributed by atoms with E-state index in [9.17, 15) is 9.18 Å². The van der Waals surface area contributed by atoms with Crippen molar-refractivity contribution in [1.82, 2.24) is 5.32 Å². The van der Waals surface area contributed by atoms with Crippen molar-refractivity contribution in [3.63, 3.8) is 0 Å². The summed E-state index contributed by atoms with van der Waals surface area (Å²) in [6, 6.07) is 5.89. The molecule has 0 saturated heterocycles. The van der Waals surface area contributed by atoms with E-state index in [1.54, 1.807) is 12.1 Å². The second-order valence-corrected chi connectivity index (χ2v) is 4.22. The van der Waals surface area contributed by atoms with Crippen LogP contribution in [-0.4, -0.2) is 24.2 Å². The van der Waals surface area contributed by atoms with Crippen molar-refractivity contribution in [3.05, 3.63) is 35.6 Å². The minimum absolute atomic E-state index is 0.0820. The zero-order chi connectivity index (χ0) is 12.7. The van der Waals surface area contributed by atoms with Crippen LogP contribution >= 0.6 is 0 Å². The number of aliphatic hydroxyl groups excluding tert-OH is 1. The van der Waals surface area contributed by atoms with Gasteiger partial charge in [-0.2, -0.15) is 0 Å². The molecular formula is C13H18FNO2. The Balaban J connectivity index is 2.32. The van der Waals surface area contributed by atoms with Gasteiger partial charge in [0, 0.05) is 13.2 Å². The molecule has 1 aromatic rings. The first-order valence-corrected chi connectivity index (χ1v) is 5.74. The van der Waals surface area contributed by atoms with Crippen molar-refractivity contribution in [3.8, 4) is 0 Å². The number of benzene rings is 1. The Hall–Kier alpha value is -1.42. The van der Waals surface area contributed by atoms with Gasteiger partial charge in [-0.1, -0.05) is 19.1 Å². The lowest BCUT2D eigenvalue weighted by Crippen LogP contribution is -2.29. The van der Waals surface area contributed by atoms with Gasteiger partial charge in [0.2, 0.25) is 5.91 Å². The molecule has 0 saturated carbocycles. The highest BCUT2D eigenvalue weighted by Crippen LogP contribution is 2.04. The van der Waals surface area contributed by atoms with Crippen molar-refractivity contribution in [2.24, 2.45) is 5.92 Å². The highest BCUT2D eigenvalue weighted by molar-refractivity contribution is 5.78. The molecule has 0 aliphatic rings. The molecule has 0 aliphatic carbocycles. The van der Waals surface area contributed by atoms with Crippen LogP contribution in [0, 0.1) is 11.7 Å². The quantitative estimate of drug-likeness (QED) is 0.790. The highest BCUT2D eigenvalue weighted by atomic mass is 19.1. The average molecular weight is 239 g/mol. The van der Waals surface area contributed by atoms with Crippen LogP contribution in [0.1, 0.15) is 18.9 Å². The second-order valence-electron chi connectivity index (χ2n) is 4.22. The van der Waals surface area contributed by atoms with Crippen LogP contribution in [0.5, 0.6) is 0 Å². The fraction of sp³-hybridized carbons (Fsp3) is 0.462. The minimum Gasteiger partial charge on any atom is -0.396 e. The number of hydrogen-bond acceptors (Lipinski definition) is 2. The number of nitrogens with one attached hydrogen (secondary N) is 1. The van der Waals surface area contributed by atoms with E-state index in [0.29, 0.717) is 13.0 Å². The lowest BCUT2D eigenvalue weighted by molar-refractivity contribution is -0.120. The SMILES string of the molecule is CC(CCO)CNC(=O)Cc1ccc(F)cc1. The Labute approximate surface area is 101 Å². The largest absolute Gasteiger partial charge is 0.396 e. The number of aliphatic hydroxyl groups is 1. The zero-order valence-electron chi connectivity index (χ0n) is 9.95. The van der Waals surface area contributed by atoms with E-state index in [1.165, 1.54) is 12.1 Å². The molecule has 1 unspecified atom stereocenters. The smallest absolute Gasteiger partial charge is 0.224 e. The highest BCUT2D eigenvalue weighted by Gasteiger charge is 2.06. The fourth-order valence-corrected chi connectivity index (χ4v) is 1.46. The summed E-state index contributed by atoms with van der Waals surface area (Å²) in [5, 5.41) is 11.5. The van der Waals surface area contributed by atoms with Gasteiger partial charge in [-0.25, -0.2) is 4.39 Å². The lowest BCUT2D eigenvalue weighted by atomic mass is 10.1. The predicted octanol–water partition coefficient (Wildman–Crippen LogP) is 1.50. The maximum atomic E-state index is 12.6. The molecule has 0 aliphatic heterocycles. The summed E-state index contributed by atoms with van der Waals surface area (Å²) in [7, 11) is 0. The molecule has 0 heterocycles. The van der Waals surface area contributed by atoms with Gasteiger partial charge in [0.1, 0.15) is 5.82 Å². The van der Waals surface area contributed by atoms with E-state index < -0.39 is 0 Å². The maximum Gasteiger partial charge on any atom is 0.224 e. The molecule has 1 amide bonds. The minimum atomic E-state index is -0.300. The number of halogens is 1. The van der Waals surface area contributed by atoms with Crippen LogP contribution in [0.2, 0.25) is 0 Å². The predicted molar refractivity (Wildman–Crippen MR) is 64.0 cm³/mol. The van der Waals surface area contributed by atoms with Gasteiger partial charge in [-0.05, 0) is 30.0 Å². The summed E-state index contributed by atoms with van der Waals surface area (Å²) < 4.78 is 12.6. The molecule has 1 atom stereocenters. The monoisotopic (exact) mass is 239 g/mol. The molecule has 0 radical (unpaired) electrons. The number of amides is 1. The molecular weight excluding hydrogens is 221 g/mol. The Bertz CT molecular complexity index is 351. The van der Waals surface area contributed by atoms with Crippen molar-refractivity contribution in [2.45, 2.75) is 19.8 Å². The summed E-state index contributed by atoms with van der Waals surface area (Å²) in [5.74, 6) is -0.121.